The first-order valence-electron chi connectivity index (χ1n) is 6.26. The van der Waals surface area contributed by atoms with Crippen molar-refractivity contribution >= 4 is 17.5 Å². The maximum absolute atomic E-state index is 11.9. The van der Waals surface area contributed by atoms with E-state index >= 15 is 0 Å². The SMILES string of the molecule is CC(C)(C)ONC(=O)c1ccc2c(c1)CCC(=O)N2. The number of nitrogens with one attached hydrogen (secondary N) is 2. The Morgan fingerprint density at radius 3 is 2.74 bits per heavy atom. The van der Waals surface area contributed by atoms with Crippen molar-refractivity contribution in [2.24, 2.45) is 0 Å². The van der Waals surface area contributed by atoms with Crippen LogP contribution in [0.2, 0.25) is 0 Å². The summed E-state index contributed by atoms with van der Waals surface area (Å²) in [4.78, 5) is 28.4. The molecule has 0 saturated carbocycles. The monoisotopic (exact) mass is 262 g/mol. The fourth-order valence-electron chi connectivity index (χ4n) is 1.78. The lowest BCUT2D eigenvalue weighted by atomic mass is 10.0. The molecule has 1 aliphatic heterocycles. The fourth-order valence-corrected chi connectivity index (χ4v) is 1.78. The summed E-state index contributed by atoms with van der Waals surface area (Å²) in [5.41, 5.74) is 4.28. The molecule has 0 aromatic heterocycles. The average Bonchev–Trinajstić information content (AvgIpc) is 2.34. The Kier molecular flexibility index (Phi) is 3.57. The zero-order valence-corrected chi connectivity index (χ0v) is 11.4. The van der Waals surface area contributed by atoms with Crippen molar-refractivity contribution in [3.05, 3.63) is 29.3 Å². The van der Waals surface area contributed by atoms with E-state index in [4.69, 9.17) is 4.84 Å². The van der Waals surface area contributed by atoms with E-state index in [1.165, 1.54) is 0 Å². The predicted molar refractivity (Wildman–Crippen MR) is 71.7 cm³/mol. The molecule has 0 fully saturated rings. The zero-order valence-electron chi connectivity index (χ0n) is 11.4. The highest BCUT2D eigenvalue weighted by molar-refractivity contribution is 5.97. The van der Waals surface area contributed by atoms with E-state index in [0.717, 1.165) is 11.3 Å². The second kappa shape index (κ2) is 5.01. The number of anilines is 1. The van der Waals surface area contributed by atoms with Gasteiger partial charge in [-0.25, -0.2) is 5.48 Å². The van der Waals surface area contributed by atoms with Crippen LogP contribution >= 0.6 is 0 Å². The number of carbonyl (C=O) groups is 2. The first-order valence-corrected chi connectivity index (χ1v) is 6.26. The molecule has 1 aromatic carbocycles. The molecular weight excluding hydrogens is 244 g/mol. The minimum atomic E-state index is -0.433. The van der Waals surface area contributed by atoms with Gasteiger partial charge in [0, 0.05) is 17.7 Å². The summed E-state index contributed by atoms with van der Waals surface area (Å²) in [5, 5.41) is 2.78. The van der Waals surface area contributed by atoms with Crippen molar-refractivity contribution in [2.45, 2.75) is 39.2 Å². The van der Waals surface area contributed by atoms with E-state index in [2.05, 4.69) is 10.8 Å². The van der Waals surface area contributed by atoms with Crippen LogP contribution in [0.3, 0.4) is 0 Å². The molecule has 1 heterocycles. The summed E-state index contributed by atoms with van der Waals surface area (Å²) < 4.78 is 0. The molecule has 0 spiro atoms. The summed E-state index contributed by atoms with van der Waals surface area (Å²) in [5.74, 6) is -0.268. The lowest BCUT2D eigenvalue weighted by Crippen LogP contribution is -2.33. The second-order valence-electron chi connectivity index (χ2n) is 5.57. The van der Waals surface area contributed by atoms with Crippen LogP contribution in [-0.4, -0.2) is 17.4 Å². The zero-order chi connectivity index (χ0) is 14.0. The molecule has 5 heteroatoms. The first-order chi connectivity index (χ1) is 8.85. The quantitative estimate of drug-likeness (QED) is 0.801. The molecule has 0 aliphatic carbocycles. The van der Waals surface area contributed by atoms with Crippen LogP contribution in [0.5, 0.6) is 0 Å². The van der Waals surface area contributed by atoms with Gasteiger partial charge in [-0.05, 0) is 51.0 Å². The molecule has 19 heavy (non-hydrogen) atoms. The molecule has 0 bridgehead atoms. The number of aryl methyl sites for hydroxylation is 1. The van der Waals surface area contributed by atoms with Crippen LogP contribution in [0.25, 0.3) is 0 Å². The number of rotatable bonds is 2. The van der Waals surface area contributed by atoms with Gasteiger partial charge >= 0.3 is 0 Å². The number of hydrogen-bond acceptors (Lipinski definition) is 3. The van der Waals surface area contributed by atoms with Gasteiger partial charge in [0.05, 0.1) is 5.60 Å². The van der Waals surface area contributed by atoms with Crippen LogP contribution < -0.4 is 10.8 Å². The maximum Gasteiger partial charge on any atom is 0.274 e. The highest BCUT2D eigenvalue weighted by Crippen LogP contribution is 2.23. The van der Waals surface area contributed by atoms with Crippen LogP contribution in [0.1, 0.15) is 43.1 Å². The molecule has 0 unspecified atom stereocenters. The molecule has 1 aromatic rings. The van der Waals surface area contributed by atoms with Gasteiger partial charge in [0.1, 0.15) is 0 Å². The Labute approximate surface area is 112 Å². The lowest BCUT2D eigenvalue weighted by Gasteiger charge is -2.20. The molecule has 102 valence electrons. The summed E-state index contributed by atoms with van der Waals surface area (Å²) in [6.45, 7) is 5.57. The van der Waals surface area contributed by atoms with Crippen molar-refractivity contribution in [1.82, 2.24) is 5.48 Å². The van der Waals surface area contributed by atoms with Gasteiger partial charge in [-0.2, -0.15) is 0 Å². The van der Waals surface area contributed by atoms with Gasteiger partial charge in [-0.3, -0.25) is 14.4 Å². The summed E-state index contributed by atoms with van der Waals surface area (Å²) in [7, 11) is 0. The van der Waals surface area contributed by atoms with Gasteiger partial charge in [-0.1, -0.05) is 0 Å². The van der Waals surface area contributed by atoms with Crippen LogP contribution in [0.4, 0.5) is 5.69 Å². The van der Waals surface area contributed by atoms with Gasteiger partial charge in [-0.15, -0.1) is 0 Å². The van der Waals surface area contributed by atoms with Crippen molar-refractivity contribution < 1.29 is 14.4 Å². The highest BCUT2D eigenvalue weighted by atomic mass is 16.7. The standard InChI is InChI=1S/C14H18N2O3/c1-14(2,3)19-16-13(18)10-4-6-11-9(8-10)5-7-12(17)15-11/h4,6,8H,5,7H2,1-3H3,(H,15,17)(H,16,18). The van der Waals surface area contributed by atoms with Crippen LogP contribution in [0.15, 0.2) is 18.2 Å². The molecule has 2 amide bonds. The third-order valence-corrected chi connectivity index (χ3v) is 2.71. The number of hydrogen-bond donors (Lipinski definition) is 2. The summed E-state index contributed by atoms with van der Waals surface area (Å²) in [6.07, 6.45) is 1.11. The number of benzene rings is 1. The number of fused-ring (bicyclic) bond motifs is 1. The van der Waals surface area contributed by atoms with Gasteiger partial charge in [0.2, 0.25) is 5.91 Å². The molecule has 2 rings (SSSR count). The van der Waals surface area contributed by atoms with E-state index in [0.29, 0.717) is 18.4 Å². The predicted octanol–water partition coefficient (Wildman–Crippen LogP) is 2.03. The Bertz CT molecular complexity index is 518. The van der Waals surface area contributed by atoms with E-state index in [1.807, 2.05) is 20.8 Å². The molecule has 0 atom stereocenters. The minimum absolute atomic E-state index is 0.0146. The third-order valence-electron chi connectivity index (χ3n) is 2.71. The topological polar surface area (TPSA) is 67.4 Å². The molecule has 1 aliphatic rings. The van der Waals surface area contributed by atoms with E-state index in [9.17, 15) is 9.59 Å². The van der Waals surface area contributed by atoms with Gasteiger partial charge < -0.3 is 5.32 Å². The largest absolute Gasteiger partial charge is 0.326 e. The third kappa shape index (κ3) is 3.54. The van der Waals surface area contributed by atoms with Crippen LogP contribution in [0, 0.1) is 0 Å². The van der Waals surface area contributed by atoms with Crippen molar-refractivity contribution in [3.63, 3.8) is 0 Å². The number of hydroxylamine groups is 1. The molecule has 2 N–H and O–H groups in total. The summed E-state index contributed by atoms with van der Waals surface area (Å²) >= 11 is 0. The van der Waals surface area contributed by atoms with Gasteiger partial charge in [0.15, 0.2) is 0 Å². The first kappa shape index (κ1) is 13.5. The normalized spacial score (nSPS) is 14.6. The van der Waals surface area contributed by atoms with Crippen molar-refractivity contribution in [3.8, 4) is 0 Å². The Morgan fingerprint density at radius 2 is 2.05 bits per heavy atom. The van der Waals surface area contributed by atoms with Gasteiger partial charge in [0.25, 0.3) is 5.91 Å². The minimum Gasteiger partial charge on any atom is -0.326 e. The maximum atomic E-state index is 11.9. The molecule has 5 nitrogen and oxygen atoms in total. The smallest absolute Gasteiger partial charge is 0.274 e. The molecule has 0 saturated heterocycles. The fraction of sp³-hybridized carbons (Fsp3) is 0.429. The average molecular weight is 262 g/mol. The number of carbonyl (C=O) groups excluding carboxylic acids is 2. The Balaban J connectivity index is 2.09. The lowest BCUT2D eigenvalue weighted by molar-refractivity contribution is -0.116. The van der Waals surface area contributed by atoms with Crippen LogP contribution in [-0.2, 0) is 16.1 Å². The highest BCUT2D eigenvalue weighted by Gasteiger charge is 2.18. The Morgan fingerprint density at radius 1 is 1.32 bits per heavy atom. The van der Waals surface area contributed by atoms with E-state index in [1.54, 1.807) is 18.2 Å². The van der Waals surface area contributed by atoms with E-state index < -0.39 is 5.60 Å². The number of amides is 2. The summed E-state index contributed by atoms with van der Waals surface area (Å²) in [6, 6.07) is 5.21. The Hall–Kier alpha value is -1.88. The molecular formula is C14H18N2O3. The second-order valence-corrected chi connectivity index (χ2v) is 5.57. The van der Waals surface area contributed by atoms with E-state index in [-0.39, 0.29) is 11.8 Å². The van der Waals surface area contributed by atoms with Crippen molar-refractivity contribution in [2.75, 3.05) is 5.32 Å². The van der Waals surface area contributed by atoms with Crippen molar-refractivity contribution in [1.29, 1.82) is 0 Å². The molecule has 0 radical (unpaired) electrons.